The first kappa shape index (κ1) is 13.3. The number of hydrogen-bond donors (Lipinski definition) is 0. The molecule has 0 N–H and O–H groups in total. The molecule has 5 nitrogen and oxygen atoms in total. The van der Waals surface area contributed by atoms with E-state index in [4.69, 9.17) is 4.74 Å². The van der Waals surface area contributed by atoms with Gasteiger partial charge < -0.3 is 14.5 Å². The lowest BCUT2D eigenvalue weighted by molar-refractivity contribution is -0.135. The van der Waals surface area contributed by atoms with Gasteiger partial charge in [0.2, 0.25) is 11.8 Å². The van der Waals surface area contributed by atoms with Gasteiger partial charge in [-0.1, -0.05) is 0 Å². The molecule has 0 spiro atoms. The number of carbonyl (C=O) groups is 2. The summed E-state index contributed by atoms with van der Waals surface area (Å²) < 4.78 is 5.24. The van der Waals surface area contributed by atoms with Gasteiger partial charge in [-0.2, -0.15) is 0 Å². The molecule has 0 aromatic rings. The van der Waals surface area contributed by atoms with Crippen molar-refractivity contribution in [1.82, 2.24) is 9.80 Å². The number of piperidine rings is 1. The maximum absolute atomic E-state index is 12.0. The molecule has 2 aliphatic rings. The number of rotatable bonds is 4. The van der Waals surface area contributed by atoms with Crippen LogP contribution in [0.3, 0.4) is 0 Å². The van der Waals surface area contributed by atoms with Crippen molar-refractivity contribution in [2.45, 2.75) is 38.2 Å². The van der Waals surface area contributed by atoms with E-state index >= 15 is 0 Å². The second-order valence-electron chi connectivity index (χ2n) is 5.07. The molecule has 0 saturated carbocycles. The van der Waals surface area contributed by atoms with Gasteiger partial charge in [0.1, 0.15) is 0 Å². The Labute approximate surface area is 108 Å². The zero-order valence-electron chi connectivity index (χ0n) is 11.1. The molecule has 2 fully saturated rings. The SMILES string of the molecule is COC1CCN(C(=O)CCN2CCCCC2=O)C1. The minimum atomic E-state index is 0.146. The van der Waals surface area contributed by atoms with Crippen molar-refractivity contribution >= 4 is 11.8 Å². The van der Waals surface area contributed by atoms with E-state index in [0.717, 1.165) is 32.4 Å². The highest BCUT2D eigenvalue weighted by atomic mass is 16.5. The summed E-state index contributed by atoms with van der Waals surface area (Å²) in [6.07, 6.45) is 4.25. The van der Waals surface area contributed by atoms with Gasteiger partial charge in [0.05, 0.1) is 6.10 Å². The summed E-state index contributed by atoms with van der Waals surface area (Å²) in [5.74, 6) is 0.346. The smallest absolute Gasteiger partial charge is 0.224 e. The van der Waals surface area contributed by atoms with Gasteiger partial charge in [-0.15, -0.1) is 0 Å². The Kier molecular flexibility index (Phi) is 4.58. The van der Waals surface area contributed by atoms with Crippen LogP contribution in [0.15, 0.2) is 0 Å². The largest absolute Gasteiger partial charge is 0.380 e. The summed E-state index contributed by atoms with van der Waals surface area (Å²) in [4.78, 5) is 27.3. The van der Waals surface area contributed by atoms with Gasteiger partial charge in [-0.05, 0) is 19.3 Å². The average molecular weight is 254 g/mol. The molecular formula is C13H22N2O3. The third-order valence-corrected chi connectivity index (χ3v) is 3.85. The monoisotopic (exact) mass is 254 g/mol. The van der Waals surface area contributed by atoms with Crippen molar-refractivity contribution in [2.24, 2.45) is 0 Å². The fourth-order valence-electron chi connectivity index (χ4n) is 2.63. The van der Waals surface area contributed by atoms with Crippen LogP contribution in [0.2, 0.25) is 0 Å². The highest BCUT2D eigenvalue weighted by Gasteiger charge is 2.26. The lowest BCUT2D eigenvalue weighted by Crippen LogP contribution is -2.39. The molecule has 1 atom stereocenters. The number of amides is 2. The van der Waals surface area contributed by atoms with E-state index in [9.17, 15) is 9.59 Å². The molecule has 0 radical (unpaired) electrons. The molecule has 2 heterocycles. The van der Waals surface area contributed by atoms with Crippen LogP contribution < -0.4 is 0 Å². The fourth-order valence-corrected chi connectivity index (χ4v) is 2.63. The Morgan fingerprint density at radius 2 is 2.22 bits per heavy atom. The molecule has 18 heavy (non-hydrogen) atoms. The molecule has 0 aromatic heterocycles. The summed E-state index contributed by atoms with van der Waals surface area (Å²) in [6.45, 7) is 2.87. The number of ether oxygens (including phenoxy) is 1. The minimum absolute atomic E-state index is 0.146. The van der Waals surface area contributed by atoms with Crippen LogP contribution in [0.5, 0.6) is 0 Å². The number of carbonyl (C=O) groups excluding carboxylic acids is 2. The number of hydrogen-bond acceptors (Lipinski definition) is 3. The maximum atomic E-state index is 12.0. The minimum Gasteiger partial charge on any atom is -0.380 e. The Hall–Kier alpha value is -1.10. The Morgan fingerprint density at radius 1 is 1.39 bits per heavy atom. The van der Waals surface area contributed by atoms with E-state index in [0.29, 0.717) is 25.9 Å². The first-order valence-corrected chi connectivity index (χ1v) is 6.79. The standard InChI is InChI=1S/C13H22N2O3/c1-18-11-5-8-15(10-11)13(17)6-9-14-7-3-2-4-12(14)16/h11H,2-10H2,1H3. The molecule has 2 amide bonds. The quantitative estimate of drug-likeness (QED) is 0.739. The molecule has 2 saturated heterocycles. The van der Waals surface area contributed by atoms with Gasteiger partial charge in [-0.25, -0.2) is 0 Å². The Morgan fingerprint density at radius 3 is 2.89 bits per heavy atom. The van der Waals surface area contributed by atoms with E-state index in [1.807, 2.05) is 9.80 Å². The third kappa shape index (κ3) is 3.22. The average Bonchev–Trinajstić information content (AvgIpc) is 2.86. The third-order valence-electron chi connectivity index (χ3n) is 3.85. The van der Waals surface area contributed by atoms with E-state index in [2.05, 4.69) is 0 Å². The van der Waals surface area contributed by atoms with Crippen LogP contribution in [0, 0.1) is 0 Å². The van der Waals surface area contributed by atoms with Crippen LogP contribution in [-0.4, -0.2) is 61.0 Å². The number of methoxy groups -OCH3 is 1. The van der Waals surface area contributed by atoms with Gasteiger partial charge >= 0.3 is 0 Å². The van der Waals surface area contributed by atoms with Crippen molar-refractivity contribution in [3.05, 3.63) is 0 Å². The van der Waals surface area contributed by atoms with Crippen LogP contribution in [0.4, 0.5) is 0 Å². The Bertz CT molecular complexity index is 319. The molecule has 2 aliphatic heterocycles. The summed E-state index contributed by atoms with van der Waals surface area (Å²) in [5, 5.41) is 0. The first-order valence-electron chi connectivity index (χ1n) is 6.79. The van der Waals surface area contributed by atoms with Gasteiger partial charge in [0.25, 0.3) is 0 Å². The van der Waals surface area contributed by atoms with Gasteiger partial charge in [0, 0.05) is 46.1 Å². The predicted molar refractivity (Wildman–Crippen MR) is 67.0 cm³/mol. The van der Waals surface area contributed by atoms with Crippen molar-refractivity contribution in [2.75, 3.05) is 33.3 Å². The summed E-state index contributed by atoms with van der Waals surface area (Å²) in [6, 6.07) is 0. The Balaban J connectivity index is 1.73. The lowest BCUT2D eigenvalue weighted by atomic mass is 10.1. The normalized spacial score (nSPS) is 24.7. The zero-order valence-corrected chi connectivity index (χ0v) is 11.1. The topological polar surface area (TPSA) is 49.9 Å². The highest BCUT2D eigenvalue weighted by molar-refractivity contribution is 5.79. The summed E-state index contributed by atoms with van der Waals surface area (Å²) in [7, 11) is 1.69. The predicted octanol–water partition coefficient (Wildman–Crippen LogP) is 0.636. The zero-order chi connectivity index (χ0) is 13.0. The van der Waals surface area contributed by atoms with Crippen molar-refractivity contribution < 1.29 is 14.3 Å². The van der Waals surface area contributed by atoms with Crippen LogP contribution in [0.25, 0.3) is 0 Å². The van der Waals surface area contributed by atoms with Crippen molar-refractivity contribution in [1.29, 1.82) is 0 Å². The van der Waals surface area contributed by atoms with Crippen molar-refractivity contribution in [3.63, 3.8) is 0 Å². The lowest BCUT2D eigenvalue weighted by Gasteiger charge is -2.27. The van der Waals surface area contributed by atoms with Crippen LogP contribution >= 0.6 is 0 Å². The van der Waals surface area contributed by atoms with E-state index in [1.54, 1.807) is 7.11 Å². The fraction of sp³-hybridized carbons (Fsp3) is 0.846. The summed E-state index contributed by atoms with van der Waals surface area (Å²) >= 11 is 0. The maximum Gasteiger partial charge on any atom is 0.224 e. The second-order valence-corrected chi connectivity index (χ2v) is 5.07. The first-order chi connectivity index (χ1) is 8.70. The van der Waals surface area contributed by atoms with Gasteiger partial charge in [0.15, 0.2) is 0 Å². The number of nitrogens with zero attached hydrogens (tertiary/aromatic N) is 2. The van der Waals surface area contributed by atoms with Crippen molar-refractivity contribution in [3.8, 4) is 0 Å². The van der Waals surface area contributed by atoms with Crippen LogP contribution in [-0.2, 0) is 14.3 Å². The molecule has 0 bridgehead atoms. The second kappa shape index (κ2) is 6.18. The molecule has 5 heteroatoms. The summed E-state index contributed by atoms with van der Waals surface area (Å²) in [5.41, 5.74) is 0. The number of likely N-dealkylation sites (tertiary alicyclic amines) is 2. The molecule has 102 valence electrons. The van der Waals surface area contributed by atoms with E-state index < -0.39 is 0 Å². The molecule has 2 rings (SSSR count). The molecule has 0 aliphatic carbocycles. The van der Waals surface area contributed by atoms with Crippen LogP contribution in [0.1, 0.15) is 32.1 Å². The van der Waals surface area contributed by atoms with E-state index in [-0.39, 0.29) is 17.9 Å². The molecule has 0 aromatic carbocycles. The highest BCUT2D eigenvalue weighted by Crippen LogP contribution is 2.14. The molecular weight excluding hydrogens is 232 g/mol. The molecule has 1 unspecified atom stereocenters. The van der Waals surface area contributed by atoms with Gasteiger partial charge in [-0.3, -0.25) is 9.59 Å². The van der Waals surface area contributed by atoms with E-state index in [1.165, 1.54) is 0 Å².